The lowest BCUT2D eigenvalue weighted by molar-refractivity contribution is 0.425. The summed E-state index contributed by atoms with van der Waals surface area (Å²) >= 11 is 0. The largest absolute Gasteiger partial charge is 0.488 e. The lowest BCUT2D eigenvalue weighted by Crippen LogP contribution is -2.32. The first-order valence-corrected chi connectivity index (χ1v) is 5.44. The molecule has 0 radical (unpaired) electrons. The van der Waals surface area contributed by atoms with Gasteiger partial charge >= 0.3 is 7.12 Å². The van der Waals surface area contributed by atoms with Crippen LogP contribution in [-0.4, -0.2) is 25.6 Å². The number of aryl methyl sites for hydroxylation is 1. The highest BCUT2D eigenvalue weighted by atomic mass is 32.2. The van der Waals surface area contributed by atoms with Crippen LogP contribution in [0.2, 0.25) is 0 Å². The fourth-order valence-corrected chi connectivity index (χ4v) is 1.77. The number of benzene rings is 1. The molecule has 0 fully saturated rings. The predicted octanol–water partition coefficient (Wildman–Crippen LogP) is -1.21. The topological polar surface area (TPSA) is 74.6 Å². The van der Waals surface area contributed by atoms with Crippen LogP contribution in [0.25, 0.3) is 0 Å². The average Bonchev–Trinajstić information content (AvgIpc) is 2.01. The zero-order chi connectivity index (χ0) is 10.7. The Kier molecular flexibility index (Phi) is 3.68. The number of thiol groups is 1. The zero-order valence-electron chi connectivity index (χ0n) is 7.67. The van der Waals surface area contributed by atoms with E-state index in [0.717, 1.165) is 0 Å². The maximum Gasteiger partial charge on any atom is 0.488 e. The monoisotopic (exact) mass is 214 g/mol. The molecule has 76 valence electrons. The summed E-state index contributed by atoms with van der Waals surface area (Å²) in [5.74, 6) is -0.0159. The highest BCUT2D eigenvalue weighted by Crippen LogP contribution is 2.03. The van der Waals surface area contributed by atoms with E-state index in [-0.39, 0.29) is 5.75 Å². The van der Waals surface area contributed by atoms with E-state index in [9.17, 15) is 8.42 Å². The minimum Gasteiger partial charge on any atom is -0.423 e. The summed E-state index contributed by atoms with van der Waals surface area (Å²) in [5, 5.41) is 17.8. The molecule has 0 bridgehead atoms. The van der Waals surface area contributed by atoms with Gasteiger partial charge in [-0.15, -0.1) is 0 Å². The molecule has 0 unspecified atom stereocenters. The molecule has 0 saturated heterocycles. The van der Waals surface area contributed by atoms with Gasteiger partial charge < -0.3 is 10.0 Å². The van der Waals surface area contributed by atoms with Crippen LogP contribution < -0.4 is 5.46 Å². The second-order valence-corrected chi connectivity index (χ2v) is 4.04. The number of hydrogen-bond acceptors (Lipinski definition) is 4. The van der Waals surface area contributed by atoms with Crippen molar-refractivity contribution in [3.8, 4) is 0 Å². The van der Waals surface area contributed by atoms with Gasteiger partial charge in [0.2, 0.25) is 0 Å². The van der Waals surface area contributed by atoms with Gasteiger partial charge in [-0.25, -0.2) is 8.42 Å². The fourth-order valence-electron chi connectivity index (χ4n) is 1.27. The minimum atomic E-state index is -2.44. The van der Waals surface area contributed by atoms with Gasteiger partial charge in [0.05, 0.1) is 5.75 Å². The molecule has 2 N–H and O–H groups in total. The molecule has 0 spiro atoms. The van der Waals surface area contributed by atoms with Gasteiger partial charge in [0.25, 0.3) is 0 Å². The highest BCUT2D eigenvalue weighted by molar-refractivity contribution is 7.71. The van der Waals surface area contributed by atoms with E-state index in [4.69, 9.17) is 10.0 Å². The van der Waals surface area contributed by atoms with Crippen LogP contribution in [0.4, 0.5) is 0 Å². The quantitative estimate of drug-likeness (QED) is 0.435. The van der Waals surface area contributed by atoms with Crippen LogP contribution in [-0.2, 0) is 16.5 Å². The second-order valence-electron chi connectivity index (χ2n) is 3.06. The molecule has 1 rings (SSSR count). The Hall–Kier alpha value is -0.845. The van der Waals surface area contributed by atoms with Crippen LogP contribution in [0.1, 0.15) is 11.1 Å². The molecule has 1 aromatic rings. The first-order chi connectivity index (χ1) is 6.50. The zero-order valence-corrected chi connectivity index (χ0v) is 8.57. The third-order valence-corrected chi connectivity index (χ3v) is 2.55. The number of rotatable bonds is 3. The Morgan fingerprint density at radius 3 is 2.43 bits per heavy atom. The Labute approximate surface area is 84.3 Å². The van der Waals surface area contributed by atoms with Gasteiger partial charge in [-0.2, -0.15) is 0 Å². The molecule has 0 saturated carbocycles. The molecule has 0 atom stereocenters. The molecule has 6 heteroatoms. The van der Waals surface area contributed by atoms with Crippen molar-refractivity contribution >= 4 is 23.3 Å². The fraction of sp³-hybridized carbons (Fsp3) is 0.250. The molecular weight excluding hydrogens is 203 g/mol. The molecule has 0 aliphatic rings. The van der Waals surface area contributed by atoms with E-state index >= 15 is 0 Å². The van der Waals surface area contributed by atoms with Crippen LogP contribution in [0.5, 0.6) is 0 Å². The van der Waals surface area contributed by atoms with Gasteiger partial charge in [-0.1, -0.05) is 23.8 Å². The molecule has 4 nitrogen and oxygen atoms in total. The molecule has 14 heavy (non-hydrogen) atoms. The summed E-state index contributed by atoms with van der Waals surface area (Å²) in [6.07, 6.45) is 0. The van der Waals surface area contributed by atoms with Gasteiger partial charge in [0.1, 0.15) is 10.7 Å². The normalized spacial score (nSPS) is 10.6. The third kappa shape index (κ3) is 2.83. The van der Waals surface area contributed by atoms with Crippen molar-refractivity contribution < 1.29 is 18.5 Å². The first-order valence-electron chi connectivity index (χ1n) is 4.08. The summed E-state index contributed by atoms with van der Waals surface area (Å²) in [7, 11) is -3.95. The van der Waals surface area contributed by atoms with E-state index < -0.39 is 17.8 Å². The summed E-state index contributed by atoms with van der Waals surface area (Å²) in [6.45, 7) is 1.70. The Morgan fingerprint density at radius 2 is 2.00 bits per heavy atom. The second kappa shape index (κ2) is 4.59. The predicted molar refractivity (Wildman–Crippen MR) is 55.0 cm³/mol. The Morgan fingerprint density at radius 1 is 1.36 bits per heavy atom. The molecule has 0 aromatic heterocycles. The highest BCUT2D eigenvalue weighted by Gasteiger charge is 2.13. The van der Waals surface area contributed by atoms with Gasteiger partial charge in [0, 0.05) is 0 Å². The summed E-state index contributed by atoms with van der Waals surface area (Å²) < 4.78 is 20.9. The van der Waals surface area contributed by atoms with Crippen molar-refractivity contribution in [2.24, 2.45) is 0 Å². The van der Waals surface area contributed by atoms with Crippen molar-refractivity contribution in [2.75, 3.05) is 0 Å². The van der Waals surface area contributed by atoms with Crippen LogP contribution in [0.15, 0.2) is 18.2 Å². The summed E-state index contributed by atoms with van der Waals surface area (Å²) in [6, 6.07) is 4.74. The van der Waals surface area contributed by atoms with Crippen molar-refractivity contribution in [1.82, 2.24) is 0 Å². The van der Waals surface area contributed by atoms with E-state index in [1.807, 2.05) is 0 Å². The van der Waals surface area contributed by atoms with E-state index in [1.54, 1.807) is 19.1 Å². The summed E-state index contributed by atoms with van der Waals surface area (Å²) in [4.78, 5) is 0. The van der Waals surface area contributed by atoms with Crippen LogP contribution >= 0.6 is 0 Å². The molecule has 1 aromatic carbocycles. The van der Waals surface area contributed by atoms with Crippen molar-refractivity contribution in [1.29, 1.82) is 0 Å². The third-order valence-electron chi connectivity index (χ3n) is 1.92. The lowest BCUT2D eigenvalue weighted by Gasteiger charge is -2.05. The van der Waals surface area contributed by atoms with Gasteiger partial charge in [0.15, 0.2) is 0 Å². The molecule has 0 heterocycles. The molecule has 0 aliphatic heterocycles. The van der Waals surface area contributed by atoms with E-state index in [2.05, 4.69) is 0 Å². The maximum absolute atomic E-state index is 10.4. The Bertz CT molecular complexity index is 392. The van der Waals surface area contributed by atoms with Crippen molar-refractivity contribution in [3.05, 3.63) is 29.3 Å². The molecular formula is C8H11BO4S. The van der Waals surface area contributed by atoms with Crippen LogP contribution in [0.3, 0.4) is 0 Å². The molecule has 0 amide bonds. The SMILES string of the molecule is Cc1cc(C[SH](=O)=O)ccc1B(O)O. The van der Waals surface area contributed by atoms with E-state index in [0.29, 0.717) is 16.6 Å². The van der Waals surface area contributed by atoms with Gasteiger partial charge in [-0.05, 0) is 17.9 Å². The lowest BCUT2D eigenvalue weighted by atomic mass is 9.77. The minimum absolute atomic E-state index is 0.0159. The van der Waals surface area contributed by atoms with Crippen molar-refractivity contribution in [2.45, 2.75) is 12.7 Å². The van der Waals surface area contributed by atoms with Crippen LogP contribution in [0, 0.1) is 6.92 Å². The smallest absolute Gasteiger partial charge is 0.423 e. The summed E-state index contributed by atoms with van der Waals surface area (Å²) in [5.41, 5.74) is 1.73. The van der Waals surface area contributed by atoms with E-state index in [1.165, 1.54) is 6.07 Å². The maximum atomic E-state index is 10.4. The van der Waals surface area contributed by atoms with Crippen molar-refractivity contribution in [3.63, 3.8) is 0 Å². The standard InChI is InChI=1S/C8H11BO4S/c1-6-4-7(5-14(12)13)2-3-8(6)9(10)11/h2-4,10-11,14H,5H2,1H3. The average molecular weight is 214 g/mol. The molecule has 0 aliphatic carbocycles. The number of hydrogen-bond donors (Lipinski definition) is 3. The first kappa shape index (κ1) is 11.2. The Balaban J connectivity index is 3.00. The van der Waals surface area contributed by atoms with Gasteiger partial charge in [-0.3, -0.25) is 0 Å².